The zero-order valence-electron chi connectivity index (χ0n) is 13.0. The fraction of sp³-hybridized carbons (Fsp3) is 0.562. The molecule has 1 aliphatic heterocycles. The molecule has 1 aromatic carbocycles. The number of rotatable bonds is 6. The summed E-state index contributed by atoms with van der Waals surface area (Å²) in [5, 5.41) is 3.28. The van der Waals surface area contributed by atoms with Gasteiger partial charge in [-0.05, 0) is 25.8 Å². The molecule has 1 aliphatic rings. The van der Waals surface area contributed by atoms with Gasteiger partial charge in [0, 0.05) is 31.3 Å². The molecule has 5 nitrogen and oxygen atoms in total. The lowest BCUT2D eigenvalue weighted by Crippen LogP contribution is -2.43. The first-order chi connectivity index (χ1) is 10.2. The van der Waals surface area contributed by atoms with Crippen LogP contribution >= 0.6 is 0 Å². The van der Waals surface area contributed by atoms with E-state index in [9.17, 15) is 4.79 Å². The number of carbonyl (C=O) groups is 1. The number of ether oxygens (including phenoxy) is 2. The van der Waals surface area contributed by atoms with Crippen LogP contribution in [0.5, 0.6) is 11.5 Å². The lowest BCUT2D eigenvalue weighted by Gasteiger charge is -2.21. The Bertz CT molecular complexity index is 484. The third-order valence-electron chi connectivity index (χ3n) is 3.88. The Kier molecular flexibility index (Phi) is 5.44. The van der Waals surface area contributed by atoms with E-state index in [2.05, 4.69) is 5.32 Å². The first kappa shape index (κ1) is 15.6. The fourth-order valence-electron chi connectivity index (χ4n) is 2.56. The molecule has 1 unspecified atom stereocenters. The highest BCUT2D eigenvalue weighted by Crippen LogP contribution is 2.24. The van der Waals surface area contributed by atoms with Gasteiger partial charge in [0.05, 0.1) is 20.3 Å². The number of nitrogens with one attached hydrogen (secondary N) is 1. The molecule has 0 bridgehead atoms. The Labute approximate surface area is 126 Å². The van der Waals surface area contributed by atoms with Crippen molar-refractivity contribution in [1.29, 1.82) is 0 Å². The monoisotopic (exact) mass is 292 g/mol. The molecule has 1 aromatic rings. The highest BCUT2D eigenvalue weighted by atomic mass is 16.5. The van der Waals surface area contributed by atoms with Crippen molar-refractivity contribution in [3.05, 3.63) is 23.8 Å². The van der Waals surface area contributed by atoms with Gasteiger partial charge in [-0.15, -0.1) is 0 Å². The van der Waals surface area contributed by atoms with Gasteiger partial charge in [-0.2, -0.15) is 0 Å². The normalized spacial score (nSPS) is 15.9. The molecular weight excluding hydrogens is 268 g/mol. The summed E-state index contributed by atoms with van der Waals surface area (Å²) in [4.78, 5) is 14.2. The first-order valence-electron chi connectivity index (χ1n) is 7.38. The average molecular weight is 292 g/mol. The highest BCUT2D eigenvalue weighted by Gasteiger charge is 2.22. The number of hydrogen-bond donors (Lipinski definition) is 1. The number of carbonyl (C=O) groups excluding carboxylic acids is 1. The Morgan fingerprint density at radius 3 is 2.62 bits per heavy atom. The van der Waals surface area contributed by atoms with Crippen LogP contribution in [-0.2, 0) is 11.3 Å². The van der Waals surface area contributed by atoms with Crippen LogP contribution in [-0.4, -0.2) is 44.2 Å². The minimum atomic E-state index is -0.185. The third kappa shape index (κ3) is 3.88. The smallest absolute Gasteiger partial charge is 0.239 e. The van der Waals surface area contributed by atoms with Crippen molar-refractivity contribution in [2.75, 3.05) is 27.3 Å². The molecule has 1 atom stereocenters. The van der Waals surface area contributed by atoms with Crippen molar-refractivity contribution in [2.45, 2.75) is 32.4 Å². The molecule has 1 saturated heterocycles. The Morgan fingerprint density at radius 2 is 2.00 bits per heavy atom. The molecule has 1 amide bonds. The van der Waals surface area contributed by atoms with Crippen molar-refractivity contribution in [2.24, 2.45) is 0 Å². The summed E-state index contributed by atoms with van der Waals surface area (Å²) in [7, 11) is 3.26. The topological polar surface area (TPSA) is 50.8 Å². The van der Waals surface area contributed by atoms with Gasteiger partial charge in [0.15, 0.2) is 0 Å². The number of hydrogen-bond acceptors (Lipinski definition) is 4. The maximum atomic E-state index is 12.2. The number of benzene rings is 1. The second-order valence-corrected chi connectivity index (χ2v) is 5.31. The van der Waals surface area contributed by atoms with E-state index in [1.54, 1.807) is 14.2 Å². The van der Waals surface area contributed by atoms with Gasteiger partial charge in [0.2, 0.25) is 5.91 Å². The third-order valence-corrected chi connectivity index (χ3v) is 3.88. The van der Waals surface area contributed by atoms with Gasteiger partial charge in [-0.3, -0.25) is 4.79 Å². The van der Waals surface area contributed by atoms with Gasteiger partial charge in [-0.25, -0.2) is 0 Å². The maximum absolute atomic E-state index is 12.2. The van der Waals surface area contributed by atoms with Crippen LogP contribution in [0.25, 0.3) is 0 Å². The first-order valence-corrected chi connectivity index (χ1v) is 7.38. The van der Waals surface area contributed by atoms with Gasteiger partial charge in [0.1, 0.15) is 11.5 Å². The van der Waals surface area contributed by atoms with Crippen LogP contribution in [0.1, 0.15) is 25.3 Å². The number of amides is 1. The molecule has 0 aromatic heterocycles. The molecule has 5 heteroatoms. The Balaban J connectivity index is 1.94. The van der Waals surface area contributed by atoms with E-state index in [0.717, 1.165) is 43.0 Å². The summed E-state index contributed by atoms with van der Waals surface area (Å²) < 4.78 is 10.5. The summed E-state index contributed by atoms with van der Waals surface area (Å²) in [6.45, 7) is 4.28. The molecule has 1 N–H and O–H groups in total. The van der Waals surface area contributed by atoms with E-state index in [1.807, 2.05) is 30.0 Å². The largest absolute Gasteiger partial charge is 0.497 e. The van der Waals surface area contributed by atoms with E-state index >= 15 is 0 Å². The van der Waals surface area contributed by atoms with E-state index in [1.165, 1.54) is 0 Å². The number of likely N-dealkylation sites (tertiary alicyclic amines) is 1. The number of nitrogens with zero attached hydrogens (tertiary/aromatic N) is 1. The lowest BCUT2D eigenvalue weighted by atomic mass is 10.1. The SMILES string of the molecule is COc1ccc(CNC(C)C(=O)N2CCCC2)c(OC)c1. The van der Waals surface area contributed by atoms with Crippen LogP contribution in [0.2, 0.25) is 0 Å². The van der Waals surface area contributed by atoms with Crippen LogP contribution < -0.4 is 14.8 Å². The fourth-order valence-corrected chi connectivity index (χ4v) is 2.56. The minimum absolute atomic E-state index is 0.181. The van der Waals surface area contributed by atoms with Crippen LogP contribution in [0, 0.1) is 0 Å². The van der Waals surface area contributed by atoms with Crippen molar-refractivity contribution in [3.8, 4) is 11.5 Å². The molecule has 0 aliphatic carbocycles. The molecule has 0 saturated carbocycles. The molecule has 1 heterocycles. The molecule has 0 radical (unpaired) electrons. The second-order valence-electron chi connectivity index (χ2n) is 5.31. The summed E-state index contributed by atoms with van der Waals surface area (Å²) in [5.41, 5.74) is 1.01. The van der Waals surface area contributed by atoms with Crippen LogP contribution in [0.4, 0.5) is 0 Å². The van der Waals surface area contributed by atoms with Gasteiger partial charge >= 0.3 is 0 Å². The molecule has 2 rings (SSSR count). The van der Waals surface area contributed by atoms with Crippen molar-refractivity contribution >= 4 is 5.91 Å². The summed E-state index contributed by atoms with van der Waals surface area (Å²) in [6, 6.07) is 5.52. The maximum Gasteiger partial charge on any atom is 0.239 e. The zero-order chi connectivity index (χ0) is 15.2. The van der Waals surface area contributed by atoms with E-state index in [-0.39, 0.29) is 11.9 Å². The van der Waals surface area contributed by atoms with E-state index < -0.39 is 0 Å². The van der Waals surface area contributed by atoms with E-state index in [0.29, 0.717) is 6.54 Å². The van der Waals surface area contributed by atoms with Gasteiger partial charge < -0.3 is 19.7 Å². The average Bonchev–Trinajstić information content (AvgIpc) is 3.05. The summed E-state index contributed by atoms with van der Waals surface area (Å²) in [5.74, 6) is 1.71. The van der Waals surface area contributed by atoms with E-state index in [4.69, 9.17) is 9.47 Å². The second kappa shape index (κ2) is 7.31. The van der Waals surface area contributed by atoms with Crippen molar-refractivity contribution in [1.82, 2.24) is 10.2 Å². The predicted octanol–water partition coefficient (Wildman–Crippen LogP) is 1.80. The molecule has 116 valence electrons. The van der Waals surface area contributed by atoms with Crippen molar-refractivity contribution in [3.63, 3.8) is 0 Å². The highest BCUT2D eigenvalue weighted by molar-refractivity contribution is 5.81. The van der Waals surface area contributed by atoms with Gasteiger partial charge in [0.25, 0.3) is 0 Å². The number of methoxy groups -OCH3 is 2. The molecular formula is C16H24N2O3. The lowest BCUT2D eigenvalue weighted by molar-refractivity contribution is -0.131. The predicted molar refractivity (Wildman–Crippen MR) is 81.7 cm³/mol. The van der Waals surface area contributed by atoms with Crippen molar-refractivity contribution < 1.29 is 14.3 Å². The van der Waals surface area contributed by atoms with Crippen LogP contribution in [0.15, 0.2) is 18.2 Å². The molecule has 1 fully saturated rings. The minimum Gasteiger partial charge on any atom is -0.497 e. The Hall–Kier alpha value is -1.75. The molecule has 21 heavy (non-hydrogen) atoms. The van der Waals surface area contributed by atoms with Gasteiger partial charge in [-0.1, -0.05) is 6.07 Å². The zero-order valence-corrected chi connectivity index (χ0v) is 13.0. The Morgan fingerprint density at radius 1 is 1.29 bits per heavy atom. The standard InChI is InChI=1S/C16H24N2O3/c1-12(16(19)18-8-4-5-9-18)17-11-13-6-7-14(20-2)10-15(13)21-3/h6-7,10,12,17H,4-5,8-9,11H2,1-3H3. The molecule has 0 spiro atoms. The quantitative estimate of drug-likeness (QED) is 0.869. The van der Waals surface area contributed by atoms with Crippen LogP contribution in [0.3, 0.4) is 0 Å². The summed E-state index contributed by atoms with van der Waals surface area (Å²) >= 11 is 0. The summed E-state index contributed by atoms with van der Waals surface area (Å²) in [6.07, 6.45) is 2.23.